The predicted octanol–water partition coefficient (Wildman–Crippen LogP) is 2.71. The Morgan fingerprint density at radius 3 is 2.39 bits per heavy atom. The van der Waals surface area contributed by atoms with Crippen LogP contribution in [0, 0.1) is 12.8 Å². The largest absolute Gasteiger partial charge is 0.486 e. The monoisotopic (exact) mass is 404 g/mol. The van der Waals surface area contributed by atoms with Crippen LogP contribution in [0.15, 0.2) is 47.4 Å². The SMILES string of the molecule is Cc1ccccc1NC(=O)[C@H](NS(=O)(=O)c1ccc2c(c1)OCCO2)C(C)C. The van der Waals surface area contributed by atoms with E-state index in [-0.39, 0.29) is 10.8 Å². The first-order chi connectivity index (χ1) is 13.3. The average molecular weight is 404 g/mol. The zero-order valence-corrected chi connectivity index (χ0v) is 16.9. The van der Waals surface area contributed by atoms with E-state index in [0.29, 0.717) is 30.4 Å². The maximum Gasteiger partial charge on any atom is 0.242 e. The zero-order valence-electron chi connectivity index (χ0n) is 16.1. The van der Waals surface area contributed by atoms with Crippen LogP contribution in [0.4, 0.5) is 5.69 Å². The van der Waals surface area contributed by atoms with Gasteiger partial charge in [0, 0.05) is 11.8 Å². The third kappa shape index (κ3) is 4.45. The van der Waals surface area contributed by atoms with Crippen LogP contribution in [0.2, 0.25) is 0 Å². The quantitative estimate of drug-likeness (QED) is 0.772. The molecule has 1 heterocycles. The van der Waals surface area contributed by atoms with Crippen molar-refractivity contribution in [3.8, 4) is 11.5 Å². The number of sulfonamides is 1. The van der Waals surface area contributed by atoms with Gasteiger partial charge in [-0.2, -0.15) is 4.72 Å². The number of amides is 1. The van der Waals surface area contributed by atoms with Gasteiger partial charge < -0.3 is 14.8 Å². The fraction of sp³-hybridized carbons (Fsp3) is 0.350. The Bertz CT molecular complexity index is 972. The van der Waals surface area contributed by atoms with Gasteiger partial charge in [-0.05, 0) is 36.6 Å². The highest BCUT2D eigenvalue weighted by molar-refractivity contribution is 7.89. The molecule has 1 atom stereocenters. The smallest absolute Gasteiger partial charge is 0.242 e. The molecule has 0 aromatic heterocycles. The molecule has 1 amide bonds. The minimum absolute atomic E-state index is 0.0195. The molecule has 0 saturated heterocycles. The fourth-order valence-electron chi connectivity index (χ4n) is 2.84. The van der Waals surface area contributed by atoms with Gasteiger partial charge in [0.1, 0.15) is 19.3 Å². The Hall–Kier alpha value is -2.58. The molecular weight excluding hydrogens is 380 g/mol. The van der Waals surface area contributed by atoms with Crippen molar-refractivity contribution in [2.45, 2.75) is 31.7 Å². The van der Waals surface area contributed by atoms with Crippen LogP contribution in [0.3, 0.4) is 0 Å². The molecule has 1 aliphatic heterocycles. The van der Waals surface area contributed by atoms with Crippen molar-refractivity contribution in [1.82, 2.24) is 4.72 Å². The number of rotatable bonds is 6. The molecule has 0 spiro atoms. The number of fused-ring (bicyclic) bond motifs is 1. The molecule has 150 valence electrons. The number of nitrogens with one attached hydrogen (secondary N) is 2. The molecule has 0 saturated carbocycles. The number of carbonyl (C=O) groups excluding carboxylic acids is 1. The summed E-state index contributed by atoms with van der Waals surface area (Å²) in [6, 6.07) is 10.8. The highest BCUT2D eigenvalue weighted by Gasteiger charge is 2.29. The molecule has 0 fully saturated rings. The number of aryl methyl sites for hydroxylation is 1. The molecular formula is C20H24N2O5S. The van der Waals surface area contributed by atoms with Gasteiger partial charge in [-0.1, -0.05) is 32.0 Å². The Balaban J connectivity index is 1.81. The Labute approximate surface area is 165 Å². The number of para-hydroxylation sites is 1. The molecule has 2 aromatic rings. The van der Waals surface area contributed by atoms with E-state index in [9.17, 15) is 13.2 Å². The minimum atomic E-state index is -3.93. The van der Waals surface area contributed by atoms with Crippen molar-refractivity contribution in [2.24, 2.45) is 5.92 Å². The number of hydrogen-bond acceptors (Lipinski definition) is 5. The molecule has 28 heavy (non-hydrogen) atoms. The molecule has 2 N–H and O–H groups in total. The lowest BCUT2D eigenvalue weighted by Gasteiger charge is -2.23. The maximum atomic E-state index is 12.9. The van der Waals surface area contributed by atoms with Gasteiger partial charge in [0.2, 0.25) is 15.9 Å². The standard InChI is InChI=1S/C20H24N2O5S/c1-13(2)19(20(23)21-16-7-5-4-6-14(16)3)22-28(24,25)15-8-9-17-18(12-15)27-11-10-26-17/h4-9,12-13,19,22H,10-11H2,1-3H3,(H,21,23)/t19-/m1/s1. The third-order valence-corrected chi connectivity index (χ3v) is 5.90. The van der Waals surface area contributed by atoms with Gasteiger partial charge >= 0.3 is 0 Å². The van der Waals surface area contributed by atoms with Crippen LogP contribution in [0.1, 0.15) is 19.4 Å². The summed E-state index contributed by atoms with van der Waals surface area (Å²) in [5.74, 6) is 0.212. The van der Waals surface area contributed by atoms with E-state index >= 15 is 0 Å². The van der Waals surface area contributed by atoms with Gasteiger partial charge in [-0.25, -0.2) is 8.42 Å². The van der Waals surface area contributed by atoms with E-state index in [1.807, 2.05) is 25.1 Å². The Kier molecular flexibility index (Phi) is 5.90. The van der Waals surface area contributed by atoms with Crippen molar-refractivity contribution in [1.29, 1.82) is 0 Å². The summed E-state index contributed by atoms with van der Waals surface area (Å²) in [5.41, 5.74) is 1.55. The first kappa shape index (κ1) is 20.2. The fourth-order valence-corrected chi connectivity index (χ4v) is 4.20. The van der Waals surface area contributed by atoms with E-state index in [1.54, 1.807) is 26.0 Å². The van der Waals surface area contributed by atoms with Gasteiger partial charge in [-0.3, -0.25) is 4.79 Å². The van der Waals surface area contributed by atoms with Crippen LogP contribution >= 0.6 is 0 Å². The molecule has 1 aliphatic rings. The summed E-state index contributed by atoms with van der Waals surface area (Å²) in [6.07, 6.45) is 0. The molecule has 0 aliphatic carbocycles. The van der Waals surface area contributed by atoms with Crippen molar-refractivity contribution in [3.05, 3.63) is 48.0 Å². The second-order valence-electron chi connectivity index (χ2n) is 6.95. The highest BCUT2D eigenvalue weighted by Crippen LogP contribution is 2.32. The Morgan fingerprint density at radius 2 is 1.71 bits per heavy atom. The maximum absolute atomic E-state index is 12.9. The molecule has 8 heteroatoms. The zero-order chi connectivity index (χ0) is 20.3. The number of anilines is 1. The van der Waals surface area contributed by atoms with E-state index < -0.39 is 22.0 Å². The van der Waals surface area contributed by atoms with Crippen molar-refractivity contribution >= 4 is 21.6 Å². The molecule has 0 bridgehead atoms. The topological polar surface area (TPSA) is 93.7 Å². The molecule has 0 unspecified atom stereocenters. The summed E-state index contributed by atoms with van der Waals surface area (Å²) in [6.45, 7) is 6.23. The van der Waals surface area contributed by atoms with Crippen LogP contribution in [-0.4, -0.2) is 33.6 Å². The number of ether oxygens (including phenoxy) is 2. The second-order valence-corrected chi connectivity index (χ2v) is 8.67. The van der Waals surface area contributed by atoms with E-state index in [0.717, 1.165) is 5.56 Å². The lowest BCUT2D eigenvalue weighted by Crippen LogP contribution is -2.47. The van der Waals surface area contributed by atoms with E-state index in [4.69, 9.17) is 9.47 Å². The molecule has 0 radical (unpaired) electrons. The summed E-state index contributed by atoms with van der Waals surface area (Å²) < 4.78 is 39.1. The molecule has 7 nitrogen and oxygen atoms in total. The van der Waals surface area contributed by atoms with E-state index in [2.05, 4.69) is 10.0 Å². The van der Waals surface area contributed by atoms with Gasteiger partial charge in [0.25, 0.3) is 0 Å². The van der Waals surface area contributed by atoms with Gasteiger partial charge in [0.15, 0.2) is 11.5 Å². The van der Waals surface area contributed by atoms with Crippen LogP contribution < -0.4 is 19.5 Å². The summed E-state index contributed by atoms with van der Waals surface area (Å²) >= 11 is 0. The minimum Gasteiger partial charge on any atom is -0.486 e. The lowest BCUT2D eigenvalue weighted by atomic mass is 10.0. The molecule has 2 aromatic carbocycles. The van der Waals surface area contributed by atoms with E-state index in [1.165, 1.54) is 12.1 Å². The van der Waals surface area contributed by atoms with Gasteiger partial charge in [-0.15, -0.1) is 0 Å². The summed E-state index contributed by atoms with van der Waals surface area (Å²) in [4.78, 5) is 12.8. The normalized spacial score (nSPS) is 14.6. The Morgan fingerprint density at radius 1 is 1.04 bits per heavy atom. The van der Waals surface area contributed by atoms with Gasteiger partial charge in [0.05, 0.1) is 4.90 Å². The number of hydrogen-bond donors (Lipinski definition) is 2. The van der Waals surface area contributed by atoms with Crippen molar-refractivity contribution in [3.63, 3.8) is 0 Å². The first-order valence-corrected chi connectivity index (χ1v) is 10.5. The molecule has 3 rings (SSSR count). The number of carbonyl (C=O) groups is 1. The average Bonchev–Trinajstić information content (AvgIpc) is 2.67. The van der Waals surface area contributed by atoms with Crippen LogP contribution in [0.25, 0.3) is 0 Å². The number of benzene rings is 2. The third-order valence-electron chi connectivity index (χ3n) is 4.46. The lowest BCUT2D eigenvalue weighted by molar-refractivity contribution is -0.118. The summed E-state index contributed by atoms with van der Waals surface area (Å²) in [7, 11) is -3.93. The van der Waals surface area contributed by atoms with Crippen molar-refractivity contribution in [2.75, 3.05) is 18.5 Å². The summed E-state index contributed by atoms with van der Waals surface area (Å²) in [5, 5.41) is 2.81. The predicted molar refractivity (Wildman–Crippen MR) is 106 cm³/mol. The highest BCUT2D eigenvalue weighted by atomic mass is 32.2. The van der Waals surface area contributed by atoms with Crippen LogP contribution in [-0.2, 0) is 14.8 Å². The second kappa shape index (κ2) is 8.20. The first-order valence-electron chi connectivity index (χ1n) is 9.06. The van der Waals surface area contributed by atoms with Crippen LogP contribution in [0.5, 0.6) is 11.5 Å². The van der Waals surface area contributed by atoms with Crippen molar-refractivity contribution < 1.29 is 22.7 Å².